The number of amides is 2. The fourth-order valence-electron chi connectivity index (χ4n) is 4.77. The van der Waals surface area contributed by atoms with Crippen LogP contribution in [0, 0.1) is 5.82 Å². The zero-order valence-electron chi connectivity index (χ0n) is 19.6. The molecule has 1 aliphatic heterocycles. The molecule has 2 amide bonds. The molecule has 0 spiro atoms. The van der Waals surface area contributed by atoms with Crippen molar-refractivity contribution in [1.29, 1.82) is 0 Å². The van der Waals surface area contributed by atoms with E-state index in [1.807, 2.05) is 62.5 Å². The molecule has 0 saturated heterocycles. The lowest BCUT2D eigenvalue weighted by Gasteiger charge is -2.31. The van der Waals surface area contributed by atoms with Gasteiger partial charge in [-0.25, -0.2) is 4.39 Å². The Hall–Kier alpha value is -3.58. The quantitative estimate of drug-likeness (QED) is 0.411. The average Bonchev–Trinajstić information content (AvgIpc) is 3.06. The molecule has 1 atom stereocenters. The molecule has 1 N–H and O–H groups in total. The number of nitrogens with one attached hydrogen (secondary N) is 1. The molecular formula is C28H26FN3O2S. The maximum atomic E-state index is 13.9. The van der Waals surface area contributed by atoms with Gasteiger partial charge in [0.05, 0.1) is 10.8 Å². The molecule has 1 aromatic heterocycles. The second-order valence-corrected chi connectivity index (χ2v) is 9.54. The van der Waals surface area contributed by atoms with Crippen LogP contribution in [0.2, 0.25) is 0 Å². The van der Waals surface area contributed by atoms with E-state index in [-0.39, 0.29) is 29.9 Å². The molecule has 1 unspecified atom stereocenters. The van der Waals surface area contributed by atoms with Crippen LogP contribution < -0.4 is 10.2 Å². The number of anilines is 1. The first-order valence-corrected chi connectivity index (χ1v) is 12.6. The number of hydrogen-bond acceptors (Lipinski definition) is 3. The normalized spacial score (nSPS) is 15.7. The molecule has 5 rings (SSSR count). The monoisotopic (exact) mass is 487 g/mol. The summed E-state index contributed by atoms with van der Waals surface area (Å²) in [7, 11) is 1.97. The molecule has 1 aliphatic rings. The number of fused-ring (bicyclic) bond motifs is 3. The van der Waals surface area contributed by atoms with Crippen LogP contribution >= 0.6 is 11.8 Å². The van der Waals surface area contributed by atoms with Gasteiger partial charge in [0, 0.05) is 35.7 Å². The number of aryl methyl sites for hydroxylation is 2. The number of aromatic nitrogens is 1. The van der Waals surface area contributed by atoms with Crippen molar-refractivity contribution in [2.45, 2.75) is 31.0 Å². The number of benzene rings is 3. The van der Waals surface area contributed by atoms with Crippen LogP contribution in [-0.4, -0.2) is 22.1 Å². The Labute approximate surface area is 207 Å². The summed E-state index contributed by atoms with van der Waals surface area (Å²) in [6, 6.07) is 20.9. The van der Waals surface area contributed by atoms with Crippen molar-refractivity contribution in [2.75, 3.05) is 10.7 Å². The lowest BCUT2D eigenvalue weighted by molar-refractivity contribution is -0.125. The van der Waals surface area contributed by atoms with Crippen LogP contribution in [0.15, 0.2) is 77.8 Å². The smallest absolute Gasteiger partial charge is 0.248 e. The van der Waals surface area contributed by atoms with Gasteiger partial charge in [0.1, 0.15) is 11.9 Å². The Morgan fingerprint density at radius 3 is 2.54 bits per heavy atom. The summed E-state index contributed by atoms with van der Waals surface area (Å²) in [5, 5.41) is 4.88. The van der Waals surface area contributed by atoms with Crippen LogP contribution in [0.5, 0.6) is 0 Å². The number of halogens is 1. The lowest BCUT2D eigenvalue weighted by atomic mass is 10.00. The Balaban J connectivity index is 1.65. The highest BCUT2D eigenvalue weighted by atomic mass is 32.2. The van der Waals surface area contributed by atoms with E-state index in [4.69, 9.17) is 0 Å². The number of hydrogen-bond donors (Lipinski definition) is 1. The number of carbonyl (C=O) groups is 2. The average molecular weight is 488 g/mol. The van der Waals surface area contributed by atoms with Crippen molar-refractivity contribution < 1.29 is 14.0 Å². The molecule has 0 aliphatic carbocycles. The van der Waals surface area contributed by atoms with E-state index in [1.54, 1.807) is 17.0 Å². The summed E-state index contributed by atoms with van der Waals surface area (Å²) < 4.78 is 15.4. The van der Waals surface area contributed by atoms with Gasteiger partial charge in [-0.05, 0) is 41.8 Å². The van der Waals surface area contributed by atoms with Crippen molar-refractivity contribution in [3.05, 3.63) is 95.3 Å². The topological polar surface area (TPSA) is 54.3 Å². The fourth-order valence-corrected chi connectivity index (χ4v) is 5.83. The Bertz CT molecular complexity index is 1410. The van der Waals surface area contributed by atoms with Crippen LogP contribution in [0.25, 0.3) is 10.9 Å². The molecule has 0 radical (unpaired) electrons. The third kappa shape index (κ3) is 4.21. The third-order valence-corrected chi connectivity index (χ3v) is 7.64. The second kappa shape index (κ2) is 9.58. The highest BCUT2D eigenvalue weighted by Crippen LogP contribution is 2.44. The Morgan fingerprint density at radius 2 is 1.77 bits per heavy atom. The van der Waals surface area contributed by atoms with Crippen LogP contribution in [-0.2, 0) is 29.6 Å². The molecule has 0 bridgehead atoms. The summed E-state index contributed by atoms with van der Waals surface area (Å²) >= 11 is 1.47. The minimum absolute atomic E-state index is 0.113. The van der Waals surface area contributed by atoms with Crippen LogP contribution in [0.1, 0.15) is 29.7 Å². The van der Waals surface area contributed by atoms with Crippen molar-refractivity contribution >= 4 is 40.2 Å². The maximum Gasteiger partial charge on any atom is 0.248 e. The first-order valence-electron chi connectivity index (χ1n) is 11.6. The highest BCUT2D eigenvalue weighted by Gasteiger charge is 2.40. The van der Waals surface area contributed by atoms with Gasteiger partial charge in [-0.15, -0.1) is 0 Å². The number of nitrogens with zero attached hydrogens (tertiary/aromatic N) is 2. The summed E-state index contributed by atoms with van der Waals surface area (Å²) in [6.45, 7) is 2.28. The first kappa shape index (κ1) is 23.2. The summed E-state index contributed by atoms with van der Waals surface area (Å²) in [4.78, 5) is 29.2. The number of carbonyl (C=O) groups excluding carboxylic acids is 2. The van der Waals surface area contributed by atoms with E-state index in [1.165, 1.54) is 23.9 Å². The van der Waals surface area contributed by atoms with E-state index in [0.29, 0.717) is 0 Å². The predicted octanol–water partition coefficient (Wildman–Crippen LogP) is 5.38. The van der Waals surface area contributed by atoms with Gasteiger partial charge in [0.2, 0.25) is 11.8 Å². The predicted molar refractivity (Wildman–Crippen MR) is 138 cm³/mol. The van der Waals surface area contributed by atoms with E-state index in [0.717, 1.165) is 44.7 Å². The summed E-state index contributed by atoms with van der Waals surface area (Å²) in [6.07, 6.45) is 0.736. The molecule has 0 saturated carbocycles. The first-order chi connectivity index (χ1) is 17.0. The molecule has 178 valence electrons. The van der Waals surface area contributed by atoms with Crippen molar-refractivity contribution in [3.8, 4) is 0 Å². The molecule has 3 aromatic carbocycles. The fraction of sp³-hybridized carbons (Fsp3) is 0.214. The third-order valence-electron chi connectivity index (χ3n) is 6.48. The standard InChI is InChI=1S/C28H26FN3O2S/c1-3-19-8-4-6-10-22(19)32-24(33)17-35-28-25(21-9-5-7-11-23(21)31(28)2)26(32)27(34)30-16-18-12-14-20(29)15-13-18/h4-15,26H,3,16-17H2,1-2H3,(H,30,34). The summed E-state index contributed by atoms with van der Waals surface area (Å²) in [5.74, 6) is -0.474. The molecule has 5 nitrogen and oxygen atoms in total. The van der Waals surface area contributed by atoms with E-state index >= 15 is 0 Å². The van der Waals surface area contributed by atoms with Gasteiger partial charge in [-0.2, -0.15) is 0 Å². The van der Waals surface area contributed by atoms with Gasteiger partial charge in [0.15, 0.2) is 0 Å². The largest absolute Gasteiger partial charge is 0.350 e. The maximum absolute atomic E-state index is 13.9. The minimum atomic E-state index is -0.841. The molecule has 2 heterocycles. The van der Waals surface area contributed by atoms with Crippen molar-refractivity contribution in [1.82, 2.24) is 9.88 Å². The highest BCUT2D eigenvalue weighted by molar-refractivity contribution is 8.00. The van der Waals surface area contributed by atoms with Gasteiger partial charge >= 0.3 is 0 Å². The van der Waals surface area contributed by atoms with Gasteiger partial charge in [-0.1, -0.05) is 67.2 Å². The zero-order chi connectivity index (χ0) is 24.5. The van der Waals surface area contributed by atoms with Crippen molar-refractivity contribution in [3.63, 3.8) is 0 Å². The number of thioether (sulfide) groups is 1. The van der Waals surface area contributed by atoms with Crippen molar-refractivity contribution in [2.24, 2.45) is 7.05 Å². The lowest BCUT2D eigenvalue weighted by Crippen LogP contribution is -2.44. The number of para-hydroxylation sites is 2. The van der Waals surface area contributed by atoms with E-state index in [2.05, 4.69) is 9.88 Å². The van der Waals surface area contributed by atoms with Crippen LogP contribution in [0.3, 0.4) is 0 Å². The number of rotatable bonds is 5. The molecule has 35 heavy (non-hydrogen) atoms. The van der Waals surface area contributed by atoms with E-state index in [9.17, 15) is 14.0 Å². The SMILES string of the molecule is CCc1ccccc1N1C(=O)CSc2c(c3ccccc3n2C)C1C(=O)NCc1ccc(F)cc1. The van der Waals surface area contributed by atoms with E-state index < -0.39 is 6.04 Å². The minimum Gasteiger partial charge on any atom is -0.350 e. The molecule has 0 fully saturated rings. The molecule has 7 heteroatoms. The Morgan fingerprint density at radius 1 is 1.06 bits per heavy atom. The molecule has 4 aromatic rings. The summed E-state index contributed by atoms with van der Waals surface area (Å²) in [5.41, 5.74) is 4.39. The van der Waals surface area contributed by atoms with Crippen LogP contribution in [0.4, 0.5) is 10.1 Å². The van der Waals surface area contributed by atoms with Gasteiger partial charge < -0.3 is 9.88 Å². The van der Waals surface area contributed by atoms with Gasteiger partial charge in [0.25, 0.3) is 0 Å². The Kier molecular flexibility index (Phi) is 6.34. The van der Waals surface area contributed by atoms with Gasteiger partial charge in [-0.3, -0.25) is 14.5 Å². The zero-order valence-corrected chi connectivity index (χ0v) is 20.4. The second-order valence-electron chi connectivity index (χ2n) is 8.58. The molecular weight excluding hydrogens is 461 g/mol.